The van der Waals surface area contributed by atoms with Crippen LogP contribution in [0.15, 0.2) is 24.3 Å². The van der Waals surface area contributed by atoms with Gasteiger partial charge < -0.3 is 25.4 Å². The number of likely N-dealkylation sites (N-methyl/N-ethyl adjacent to an activating group) is 1. The van der Waals surface area contributed by atoms with E-state index < -0.39 is 36.3 Å². The van der Waals surface area contributed by atoms with Gasteiger partial charge in [0, 0.05) is 12.6 Å². The van der Waals surface area contributed by atoms with Crippen LogP contribution < -0.4 is 10.6 Å². The third-order valence-electron chi connectivity index (χ3n) is 4.82. The van der Waals surface area contributed by atoms with Gasteiger partial charge in [-0.3, -0.25) is 9.59 Å². The molecule has 8 heteroatoms. The predicted molar refractivity (Wildman–Crippen MR) is 124 cm³/mol. The maximum atomic E-state index is 13.3. The van der Waals surface area contributed by atoms with Gasteiger partial charge >= 0.3 is 6.09 Å². The van der Waals surface area contributed by atoms with E-state index in [4.69, 9.17) is 4.74 Å². The summed E-state index contributed by atoms with van der Waals surface area (Å²) in [6.45, 7) is 12.3. The molecule has 0 aliphatic heterocycles. The standard InChI is InChI=1S/C24H39N3O5/c1-8-11-17(4)25-21(29)20(18-13-10-12-16(3)14-18)27(9-2)22(30)19(15-28)26-23(31)32-24(5,6)7/h10,12-14,17,19-20,28H,8-9,11,15H2,1-7H3,(H,25,29)(H,26,31). The predicted octanol–water partition coefficient (Wildman–Crippen LogP) is 3.08. The largest absolute Gasteiger partial charge is 0.444 e. The van der Waals surface area contributed by atoms with E-state index in [1.54, 1.807) is 33.8 Å². The van der Waals surface area contributed by atoms with Crippen LogP contribution in [0.2, 0.25) is 0 Å². The van der Waals surface area contributed by atoms with Gasteiger partial charge in [0.15, 0.2) is 0 Å². The number of rotatable bonds is 10. The summed E-state index contributed by atoms with van der Waals surface area (Å²) in [4.78, 5) is 40.2. The molecular formula is C24H39N3O5. The highest BCUT2D eigenvalue weighted by Crippen LogP contribution is 2.24. The van der Waals surface area contributed by atoms with Crippen LogP contribution in [0.3, 0.4) is 0 Å². The number of hydrogen-bond donors (Lipinski definition) is 3. The van der Waals surface area contributed by atoms with E-state index in [-0.39, 0.29) is 18.5 Å². The van der Waals surface area contributed by atoms with Gasteiger partial charge in [-0.15, -0.1) is 0 Å². The number of ether oxygens (including phenoxy) is 1. The van der Waals surface area contributed by atoms with Gasteiger partial charge in [-0.25, -0.2) is 4.79 Å². The normalized spacial score (nSPS) is 14.1. The molecule has 0 bridgehead atoms. The van der Waals surface area contributed by atoms with E-state index >= 15 is 0 Å². The van der Waals surface area contributed by atoms with E-state index in [1.165, 1.54) is 4.90 Å². The monoisotopic (exact) mass is 449 g/mol. The fraction of sp³-hybridized carbons (Fsp3) is 0.625. The number of benzene rings is 1. The Labute approximate surface area is 191 Å². The molecule has 1 aromatic carbocycles. The van der Waals surface area contributed by atoms with Gasteiger partial charge in [0.1, 0.15) is 17.7 Å². The second-order valence-corrected chi connectivity index (χ2v) is 9.02. The second-order valence-electron chi connectivity index (χ2n) is 9.02. The highest BCUT2D eigenvalue weighted by atomic mass is 16.6. The third-order valence-corrected chi connectivity index (χ3v) is 4.82. The van der Waals surface area contributed by atoms with Gasteiger partial charge in [0.2, 0.25) is 11.8 Å². The van der Waals surface area contributed by atoms with E-state index in [2.05, 4.69) is 10.6 Å². The molecule has 180 valence electrons. The Hall–Kier alpha value is -2.61. The summed E-state index contributed by atoms with van der Waals surface area (Å²) >= 11 is 0. The van der Waals surface area contributed by atoms with Crippen LogP contribution in [0, 0.1) is 6.92 Å². The third kappa shape index (κ3) is 8.49. The molecule has 0 aliphatic rings. The zero-order valence-corrected chi connectivity index (χ0v) is 20.4. The van der Waals surface area contributed by atoms with Crippen molar-refractivity contribution in [1.29, 1.82) is 0 Å². The molecule has 1 aromatic rings. The SMILES string of the molecule is CCCC(C)NC(=O)C(c1cccc(C)c1)N(CC)C(=O)C(CO)NC(=O)OC(C)(C)C. The molecule has 0 heterocycles. The average molecular weight is 450 g/mol. The Kier molecular flexibility index (Phi) is 10.7. The summed E-state index contributed by atoms with van der Waals surface area (Å²) in [6.07, 6.45) is 0.916. The minimum atomic E-state index is -1.24. The van der Waals surface area contributed by atoms with Crippen molar-refractivity contribution in [3.05, 3.63) is 35.4 Å². The molecule has 0 aliphatic carbocycles. The molecule has 0 fully saturated rings. The van der Waals surface area contributed by atoms with Gasteiger partial charge in [0.25, 0.3) is 0 Å². The maximum Gasteiger partial charge on any atom is 0.408 e. The van der Waals surface area contributed by atoms with Crippen molar-refractivity contribution >= 4 is 17.9 Å². The first kappa shape index (κ1) is 27.4. The van der Waals surface area contributed by atoms with Crippen LogP contribution in [0.25, 0.3) is 0 Å². The maximum absolute atomic E-state index is 13.3. The number of hydrogen-bond acceptors (Lipinski definition) is 5. The van der Waals surface area contributed by atoms with Crippen LogP contribution in [0.1, 0.15) is 71.6 Å². The molecule has 0 saturated heterocycles. The highest BCUT2D eigenvalue weighted by molar-refractivity contribution is 5.92. The molecule has 0 saturated carbocycles. The summed E-state index contributed by atoms with van der Waals surface area (Å²) in [7, 11) is 0. The minimum absolute atomic E-state index is 0.0536. The quantitative estimate of drug-likeness (QED) is 0.509. The smallest absolute Gasteiger partial charge is 0.408 e. The van der Waals surface area contributed by atoms with Crippen LogP contribution in [0.5, 0.6) is 0 Å². The molecule has 32 heavy (non-hydrogen) atoms. The van der Waals surface area contributed by atoms with E-state index in [0.29, 0.717) is 5.56 Å². The lowest BCUT2D eigenvalue weighted by Crippen LogP contribution is -2.54. The first-order valence-electron chi connectivity index (χ1n) is 11.2. The number of alkyl carbamates (subject to hydrolysis) is 1. The van der Waals surface area contributed by atoms with Crippen LogP contribution in [0.4, 0.5) is 4.79 Å². The Morgan fingerprint density at radius 3 is 2.31 bits per heavy atom. The Balaban J connectivity index is 3.24. The van der Waals surface area contributed by atoms with E-state index in [9.17, 15) is 19.5 Å². The molecular weight excluding hydrogens is 410 g/mol. The first-order valence-corrected chi connectivity index (χ1v) is 11.2. The molecule has 3 amide bonds. The van der Waals surface area contributed by atoms with Crippen LogP contribution >= 0.6 is 0 Å². The molecule has 8 nitrogen and oxygen atoms in total. The summed E-state index contributed by atoms with van der Waals surface area (Å²) in [5, 5.41) is 15.2. The van der Waals surface area contributed by atoms with Crippen molar-refractivity contribution in [1.82, 2.24) is 15.5 Å². The van der Waals surface area contributed by atoms with Crippen molar-refractivity contribution in [2.45, 2.75) is 85.0 Å². The number of aliphatic hydroxyl groups is 1. The van der Waals surface area contributed by atoms with Gasteiger partial charge in [-0.05, 0) is 53.5 Å². The number of carbonyl (C=O) groups is 3. The lowest BCUT2D eigenvalue weighted by molar-refractivity contribution is -0.143. The number of aliphatic hydroxyl groups excluding tert-OH is 1. The first-order chi connectivity index (χ1) is 14.9. The Morgan fingerprint density at radius 1 is 1.16 bits per heavy atom. The summed E-state index contributed by atoms with van der Waals surface area (Å²) in [5.41, 5.74) is 0.864. The van der Waals surface area contributed by atoms with Gasteiger partial charge in [0.05, 0.1) is 6.61 Å². The molecule has 3 atom stereocenters. The topological polar surface area (TPSA) is 108 Å². The molecule has 0 radical (unpaired) electrons. The average Bonchev–Trinajstić information content (AvgIpc) is 2.68. The van der Waals surface area contributed by atoms with Gasteiger partial charge in [-0.1, -0.05) is 43.2 Å². The number of amides is 3. The molecule has 0 spiro atoms. The van der Waals surface area contributed by atoms with Crippen molar-refractivity contribution in [3.8, 4) is 0 Å². The fourth-order valence-electron chi connectivity index (χ4n) is 3.44. The number of aryl methyl sites for hydroxylation is 1. The number of nitrogens with zero attached hydrogens (tertiary/aromatic N) is 1. The Bertz CT molecular complexity index is 775. The molecule has 3 unspecified atom stereocenters. The molecule has 3 N–H and O–H groups in total. The lowest BCUT2D eigenvalue weighted by atomic mass is 10.0. The minimum Gasteiger partial charge on any atom is -0.444 e. The van der Waals surface area contributed by atoms with Crippen LogP contribution in [-0.2, 0) is 14.3 Å². The zero-order chi connectivity index (χ0) is 24.5. The number of nitrogens with one attached hydrogen (secondary N) is 2. The summed E-state index contributed by atoms with van der Waals surface area (Å²) in [6, 6.07) is 5.21. The Morgan fingerprint density at radius 2 is 1.81 bits per heavy atom. The molecule has 1 rings (SSSR count). The lowest BCUT2D eigenvalue weighted by Gasteiger charge is -2.34. The van der Waals surface area contributed by atoms with Crippen LogP contribution in [-0.4, -0.2) is 58.8 Å². The summed E-state index contributed by atoms with van der Waals surface area (Å²) < 4.78 is 5.21. The zero-order valence-electron chi connectivity index (χ0n) is 20.4. The fourth-order valence-corrected chi connectivity index (χ4v) is 3.44. The van der Waals surface area contributed by atoms with Crippen molar-refractivity contribution in [3.63, 3.8) is 0 Å². The summed E-state index contributed by atoms with van der Waals surface area (Å²) in [5.74, 6) is -0.869. The second kappa shape index (κ2) is 12.4. The van der Waals surface area contributed by atoms with E-state index in [1.807, 2.05) is 39.0 Å². The van der Waals surface area contributed by atoms with E-state index in [0.717, 1.165) is 18.4 Å². The van der Waals surface area contributed by atoms with Gasteiger partial charge in [-0.2, -0.15) is 0 Å². The van der Waals surface area contributed by atoms with Crippen molar-refractivity contribution in [2.24, 2.45) is 0 Å². The highest BCUT2D eigenvalue weighted by Gasteiger charge is 2.35. The number of carbonyl (C=O) groups excluding carboxylic acids is 3. The van der Waals surface area contributed by atoms with Crippen molar-refractivity contribution in [2.75, 3.05) is 13.2 Å². The van der Waals surface area contributed by atoms with Crippen molar-refractivity contribution < 1.29 is 24.2 Å². The molecule has 0 aromatic heterocycles.